The van der Waals surface area contributed by atoms with Crippen LogP contribution in [0, 0.1) is 26.9 Å². The summed E-state index contributed by atoms with van der Waals surface area (Å²) in [6.07, 6.45) is 1.63. The van der Waals surface area contributed by atoms with Gasteiger partial charge in [-0.05, 0) is 18.3 Å². The zero-order valence-electron chi connectivity index (χ0n) is 8.74. The zero-order chi connectivity index (χ0) is 10.7. The number of fused-ring (bicyclic) bond motifs is 2. The predicted molar refractivity (Wildman–Crippen MR) is 50.4 cm³/mol. The highest BCUT2D eigenvalue weighted by Crippen LogP contribution is 2.63. The molecule has 78 valence electrons. The second kappa shape index (κ2) is 2.35. The molecule has 0 aliphatic heterocycles. The van der Waals surface area contributed by atoms with E-state index in [-0.39, 0.29) is 22.0 Å². The fourth-order valence-corrected chi connectivity index (χ4v) is 3.28. The minimum absolute atomic E-state index is 0.0602. The standard InChI is InChI=1S/C10H15NO3/c1-9(2)6-4-5-10(9,3)8(12)7(6)11(13)14/h6-7H,4-5H2,1-3H3/t6-,7+,10-/m0/s1. The van der Waals surface area contributed by atoms with Gasteiger partial charge in [0.1, 0.15) is 0 Å². The second-order valence-electron chi connectivity index (χ2n) is 5.29. The van der Waals surface area contributed by atoms with Gasteiger partial charge in [0.2, 0.25) is 5.78 Å². The van der Waals surface area contributed by atoms with Crippen molar-refractivity contribution in [3.8, 4) is 0 Å². The number of carbonyl (C=O) groups excluding carboxylic acids is 1. The van der Waals surface area contributed by atoms with E-state index in [2.05, 4.69) is 0 Å². The maximum Gasteiger partial charge on any atom is 0.274 e. The van der Waals surface area contributed by atoms with Crippen LogP contribution < -0.4 is 0 Å². The van der Waals surface area contributed by atoms with E-state index in [9.17, 15) is 14.9 Å². The summed E-state index contributed by atoms with van der Waals surface area (Å²) in [6.45, 7) is 5.87. The van der Waals surface area contributed by atoms with Crippen LogP contribution in [0.25, 0.3) is 0 Å². The molecule has 2 bridgehead atoms. The molecule has 14 heavy (non-hydrogen) atoms. The monoisotopic (exact) mass is 197 g/mol. The molecule has 2 aliphatic carbocycles. The van der Waals surface area contributed by atoms with Gasteiger partial charge in [0.15, 0.2) is 0 Å². The van der Waals surface area contributed by atoms with Crippen LogP contribution in [-0.4, -0.2) is 16.7 Å². The Morgan fingerprint density at radius 1 is 1.43 bits per heavy atom. The van der Waals surface area contributed by atoms with Crippen LogP contribution in [0.4, 0.5) is 0 Å². The Bertz CT molecular complexity index is 323. The predicted octanol–water partition coefficient (Wildman–Crippen LogP) is 1.66. The largest absolute Gasteiger partial charge is 0.291 e. The number of hydrogen-bond acceptors (Lipinski definition) is 3. The molecule has 0 saturated heterocycles. The van der Waals surface area contributed by atoms with E-state index >= 15 is 0 Å². The van der Waals surface area contributed by atoms with Crippen molar-refractivity contribution in [3.63, 3.8) is 0 Å². The van der Waals surface area contributed by atoms with Gasteiger partial charge in [0, 0.05) is 16.3 Å². The summed E-state index contributed by atoms with van der Waals surface area (Å²) in [6, 6.07) is -0.941. The van der Waals surface area contributed by atoms with Gasteiger partial charge in [0.25, 0.3) is 6.04 Å². The molecule has 0 radical (unpaired) electrons. The Hall–Kier alpha value is -0.930. The Labute approximate surface area is 82.8 Å². The number of rotatable bonds is 1. The topological polar surface area (TPSA) is 60.2 Å². The van der Waals surface area contributed by atoms with Gasteiger partial charge < -0.3 is 0 Å². The first-order valence-corrected chi connectivity index (χ1v) is 5.00. The lowest BCUT2D eigenvalue weighted by Crippen LogP contribution is -2.38. The average molecular weight is 197 g/mol. The molecule has 4 nitrogen and oxygen atoms in total. The van der Waals surface area contributed by atoms with Crippen LogP contribution in [0.3, 0.4) is 0 Å². The number of carbonyl (C=O) groups is 1. The fraction of sp³-hybridized carbons (Fsp3) is 0.900. The van der Waals surface area contributed by atoms with E-state index in [0.29, 0.717) is 0 Å². The number of nitro groups is 1. The quantitative estimate of drug-likeness (QED) is 0.474. The molecule has 0 aromatic heterocycles. The van der Waals surface area contributed by atoms with Gasteiger partial charge in [-0.3, -0.25) is 14.9 Å². The molecule has 0 aromatic rings. The first kappa shape index (κ1) is 9.62. The molecule has 0 aromatic carbocycles. The third-order valence-electron chi connectivity index (χ3n) is 4.73. The zero-order valence-corrected chi connectivity index (χ0v) is 8.74. The van der Waals surface area contributed by atoms with Crippen molar-refractivity contribution in [2.45, 2.75) is 39.7 Å². The SMILES string of the molecule is CC1(C)[C@H]2CC[C@@]1(C)C(=O)[C@@H]2[N+](=O)[O-]. The lowest BCUT2D eigenvalue weighted by atomic mass is 9.70. The highest BCUT2D eigenvalue weighted by Gasteiger charge is 2.70. The third-order valence-corrected chi connectivity index (χ3v) is 4.73. The van der Waals surface area contributed by atoms with Crippen molar-refractivity contribution in [2.75, 3.05) is 0 Å². The lowest BCUT2D eigenvalue weighted by Gasteiger charge is -2.31. The average Bonchev–Trinajstić information content (AvgIpc) is 2.35. The fourth-order valence-electron chi connectivity index (χ4n) is 3.28. The first-order valence-electron chi connectivity index (χ1n) is 5.00. The normalized spacial score (nSPS) is 44.4. The van der Waals surface area contributed by atoms with Gasteiger partial charge in [-0.25, -0.2) is 0 Å². The number of ketones is 1. The molecule has 2 saturated carbocycles. The van der Waals surface area contributed by atoms with E-state index in [1.54, 1.807) is 0 Å². The summed E-state index contributed by atoms with van der Waals surface area (Å²) in [4.78, 5) is 22.3. The molecule has 2 fully saturated rings. The number of Topliss-reactive ketones (excluding diaryl/α,β-unsaturated/α-hetero) is 1. The molecule has 3 atom stereocenters. The molecule has 2 rings (SSSR count). The summed E-state index contributed by atoms with van der Waals surface area (Å²) in [5.74, 6) is -0.209. The van der Waals surface area contributed by atoms with Gasteiger partial charge >= 0.3 is 0 Å². The Morgan fingerprint density at radius 3 is 2.29 bits per heavy atom. The highest BCUT2D eigenvalue weighted by molar-refractivity contribution is 5.93. The van der Waals surface area contributed by atoms with Crippen molar-refractivity contribution >= 4 is 5.78 Å². The van der Waals surface area contributed by atoms with Crippen LogP contribution in [-0.2, 0) is 4.79 Å². The molecular formula is C10H15NO3. The van der Waals surface area contributed by atoms with Crippen molar-refractivity contribution < 1.29 is 9.72 Å². The van der Waals surface area contributed by atoms with Gasteiger partial charge in [-0.1, -0.05) is 20.8 Å². The second-order valence-corrected chi connectivity index (χ2v) is 5.29. The summed E-state index contributed by atoms with van der Waals surface area (Å²) in [5.41, 5.74) is -0.669. The Kier molecular flexibility index (Phi) is 1.62. The smallest absolute Gasteiger partial charge is 0.274 e. The molecule has 0 N–H and O–H groups in total. The van der Waals surface area contributed by atoms with E-state index < -0.39 is 11.5 Å². The van der Waals surface area contributed by atoms with Crippen LogP contribution >= 0.6 is 0 Å². The lowest BCUT2D eigenvalue weighted by molar-refractivity contribution is -0.516. The summed E-state index contributed by atoms with van der Waals surface area (Å²) >= 11 is 0. The molecular weight excluding hydrogens is 182 g/mol. The van der Waals surface area contributed by atoms with E-state index in [1.807, 2.05) is 20.8 Å². The van der Waals surface area contributed by atoms with Crippen LogP contribution in [0.15, 0.2) is 0 Å². The highest BCUT2D eigenvalue weighted by atomic mass is 16.6. The Morgan fingerprint density at radius 2 is 2.00 bits per heavy atom. The maximum absolute atomic E-state index is 11.9. The Balaban J connectivity index is 2.49. The van der Waals surface area contributed by atoms with Crippen molar-refractivity contribution in [1.29, 1.82) is 0 Å². The van der Waals surface area contributed by atoms with Crippen LogP contribution in [0.5, 0.6) is 0 Å². The minimum Gasteiger partial charge on any atom is -0.291 e. The molecule has 2 aliphatic rings. The van der Waals surface area contributed by atoms with E-state index in [0.717, 1.165) is 12.8 Å². The number of hydrogen-bond donors (Lipinski definition) is 0. The van der Waals surface area contributed by atoms with Crippen molar-refractivity contribution in [2.24, 2.45) is 16.7 Å². The van der Waals surface area contributed by atoms with Gasteiger partial charge in [-0.15, -0.1) is 0 Å². The van der Waals surface area contributed by atoms with E-state index in [4.69, 9.17) is 0 Å². The van der Waals surface area contributed by atoms with Crippen LogP contribution in [0.2, 0.25) is 0 Å². The summed E-state index contributed by atoms with van der Waals surface area (Å²) < 4.78 is 0. The molecule has 0 spiro atoms. The summed E-state index contributed by atoms with van der Waals surface area (Å²) in [5, 5.41) is 10.8. The van der Waals surface area contributed by atoms with Gasteiger partial charge in [0.05, 0.1) is 0 Å². The molecule has 0 heterocycles. The first-order chi connectivity index (χ1) is 6.32. The van der Waals surface area contributed by atoms with Crippen molar-refractivity contribution in [3.05, 3.63) is 10.1 Å². The van der Waals surface area contributed by atoms with E-state index in [1.165, 1.54) is 0 Å². The third kappa shape index (κ3) is 0.775. The molecule has 0 amide bonds. The summed E-state index contributed by atoms with van der Waals surface area (Å²) in [7, 11) is 0. The molecule has 0 unspecified atom stereocenters. The molecule has 4 heteroatoms. The minimum atomic E-state index is -0.941. The van der Waals surface area contributed by atoms with Crippen LogP contribution in [0.1, 0.15) is 33.6 Å². The van der Waals surface area contributed by atoms with Gasteiger partial charge in [-0.2, -0.15) is 0 Å². The number of nitrogens with zero attached hydrogens (tertiary/aromatic N) is 1. The van der Waals surface area contributed by atoms with Crippen molar-refractivity contribution in [1.82, 2.24) is 0 Å². The maximum atomic E-state index is 11.9.